The molecule has 0 saturated carbocycles. The highest BCUT2D eigenvalue weighted by Gasteiger charge is 2.47. The van der Waals surface area contributed by atoms with E-state index < -0.39 is 29.3 Å². The molecule has 1 unspecified atom stereocenters. The van der Waals surface area contributed by atoms with Crippen molar-refractivity contribution < 1.29 is 28.9 Å². The van der Waals surface area contributed by atoms with Crippen LogP contribution in [0.25, 0.3) is 5.76 Å². The highest BCUT2D eigenvalue weighted by Crippen LogP contribution is 2.44. The Labute approximate surface area is 198 Å². The molecule has 0 aromatic heterocycles. The van der Waals surface area contributed by atoms with Crippen LogP contribution in [-0.4, -0.2) is 29.0 Å². The second-order valence-corrected chi connectivity index (χ2v) is 8.02. The molecule has 3 aromatic carbocycles. The van der Waals surface area contributed by atoms with Crippen molar-refractivity contribution in [2.24, 2.45) is 0 Å². The van der Waals surface area contributed by atoms with E-state index in [1.807, 2.05) is 0 Å². The first kappa shape index (κ1) is 22.6. The average molecular weight is 488 g/mol. The number of aliphatic hydroxyl groups excluding tert-OH is 1. The van der Waals surface area contributed by atoms with Crippen LogP contribution in [0.2, 0.25) is 10.0 Å². The first-order valence-electron chi connectivity index (χ1n) is 9.61. The molecule has 1 heterocycles. The van der Waals surface area contributed by atoms with Crippen molar-refractivity contribution in [3.8, 4) is 11.5 Å². The maximum absolute atomic E-state index is 13.5. The standard InChI is InChI=1S/C24H16Cl2FNO5/c1-33-23-17(25)10-13(11-18(23)26)21(30)19-20(12-2-8-16(29)9-3-12)28(24(32)22(19)31)15-6-4-14(27)5-7-15/h2-11,20,29-30H,1H3/b21-19+. The van der Waals surface area contributed by atoms with Crippen LogP contribution in [0.1, 0.15) is 17.2 Å². The van der Waals surface area contributed by atoms with Crippen LogP contribution in [0.3, 0.4) is 0 Å². The number of methoxy groups -OCH3 is 1. The smallest absolute Gasteiger partial charge is 0.300 e. The molecule has 0 bridgehead atoms. The van der Waals surface area contributed by atoms with Gasteiger partial charge in [-0.2, -0.15) is 0 Å². The Hall–Kier alpha value is -3.55. The van der Waals surface area contributed by atoms with Gasteiger partial charge in [-0.1, -0.05) is 35.3 Å². The molecular weight excluding hydrogens is 472 g/mol. The summed E-state index contributed by atoms with van der Waals surface area (Å²) in [4.78, 5) is 27.3. The van der Waals surface area contributed by atoms with Crippen LogP contribution in [0.15, 0.2) is 66.2 Å². The Morgan fingerprint density at radius 1 is 1.00 bits per heavy atom. The fourth-order valence-electron chi connectivity index (χ4n) is 3.72. The normalized spacial score (nSPS) is 17.5. The zero-order chi connectivity index (χ0) is 23.9. The molecule has 9 heteroatoms. The predicted octanol–water partition coefficient (Wildman–Crippen LogP) is 5.47. The number of halogens is 3. The minimum absolute atomic E-state index is 0.0220. The fourth-order valence-corrected chi connectivity index (χ4v) is 4.36. The number of phenols is 1. The summed E-state index contributed by atoms with van der Waals surface area (Å²) < 4.78 is 18.6. The Kier molecular flexibility index (Phi) is 6.01. The molecule has 168 valence electrons. The van der Waals surface area contributed by atoms with Gasteiger partial charge >= 0.3 is 0 Å². The third-order valence-electron chi connectivity index (χ3n) is 5.23. The molecule has 1 saturated heterocycles. The number of hydrogen-bond acceptors (Lipinski definition) is 5. The number of benzene rings is 3. The summed E-state index contributed by atoms with van der Waals surface area (Å²) in [5.41, 5.74) is 0.573. The molecule has 1 aliphatic rings. The first-order valence-corrected chi connectivity index (χ1v) is 10.4. The van der Waals surface area contributed by atoms with Crippen LogP contribution in [0.5, 0.6) is 11.5 Å². The molecule has 0 radical (unpaired) electrons. The van der Waals surface area contributed by atoms with E-state index in [-0.39, 0.29) is 38.4 Å². The van der Waals surface area contributed by atoms with Gasteiger partial charge in [-0.15, -0.1) is 0 Å². The number of phenolic OH excluding ortho intramolecular Hbond substituents is 1. The summed E-state index contributed by atoms with van der Waals surface area (Å²) in [7, 11) is 1.38. The van der Waals surface area contributed by atoms with E-state index in [4.69, 9.17) is 27.9 Å². The number of ketones is 1. The zero-order valence-corrected chi connectivity index (χ0v) is 18.6. The highest BCUT2D eigenvalue weighted by molar-refractivity contribution is 6.51. The first-order chi connectivity index (χ1) is 15.7. The molecule has 0 spiro atoms. The second-order valence-electron chi connectivity index (χ2n) is 7.21. The van der Waals surface area contributed by atoms with Crippen LogP contribution < -0.4 is 9.64 Å². The monoisotopic (exact) mass is 487 g/mol. The molecule has 1 amide bonds. The van der Waals surface area contributed by atoms with Crippen molar-refractivity contribution in [2.45, 2.75) is 6.04 Å². The van der Waals surface area contributed by atoms with Gasteiger partial charge in [-0.25, -0.2) is 4.39 Å². The van der Waals surface area contributed by atoms with Gasteiger partial charge in [0.25, 0.3) is 11.7 Å². The number of anilines is 1. The third-order valence-corrected chi connectivity index (χ3v) is 5.80. The number of ether oxygens (including phenoxy) is 1. The maximum atomic E-state index is 13.5. The van der Waals surface area contributed by atoms with E-state index in [2.05, 4.69) is 0 Å². The van der Waals surface area contributed by atoms with E-state index in [0.717, 1.165) is 17.0 Å². The number of rotatable bonds is 4. The number of hydrogen-bond donors (Lipinski definition) is 2. The molecule has 4 rings (SSSR count). The van der Waals surface area contributed by atoms with Crippen molar-refractivity contribution in [3.63, 3.8) is 0 Å². The van der Waals surface area contributed by atoms with Gasteiger partial charge in [-0.3, -0.25) is 14.5 Å². The zero-order valence-electron chi connectivity index (χ0n) is 17.1. The van der Waals surface area contributed by atoms with Gasteiger partial charge in [0.1, 0.15) is 17.3 Å². The predicted molar refractivity (Wildman–Crippen MR) is 122 cm³/mol. The van der Waals surface area contributed by atoms with Gasteiger partial charge in [0.2, 0.25) is 0 Å². The molecule has 0 aliphatic carbocycles. The maximum Gasteiger partial charge on any atom is 0.300 e. The van der Waals surface area contributed by atoms with Crippen molar-refractivity contribution >= 4 is 46.3 Å². The summed E-state index contributed by atoms with van der Waals surface area (Å²) in [5, 5.41) is 21.0. The number of aliphatic hydroxyl groups is 1. The van der Waals surface area contributed by atoms with Gasteiger partial charge < -0.3 is 14.9 Å². The Morgan fingerprint density at radius 3 is 2.12 bits per heavy atom. The number of carbonyl (C=O) groups excluding carboxylic acids is 2. The SMILES string of the molecule is COc1c(Cl)cc(/C(O)=C2\C(=O)C(=O)N(c3ccc(F)cc3)C2c2ccc(O)cc2)cc1Cl. The Morgan fingerprint density at radius 2 is 1.58 bits per heavy atom. The van der Waals surface area contributed by atoms with Gasteiger partial charge in [0.15, 0.2) is 5.75 Å². The summed E-state index contributed by atoms with van der Waals surface area (Å²) in [6.45, 7) is 0. The van der Waals surface area contributed by atoms with Crippen molar-refractivity contribution in [2.75, 3.05) is 12.0 Å². The molecule has 6 nitrogen and oxygen atoms in total. The molecular formula is C24H16Cl2FNO5. The number of carbonyl (C=O) groups is 2. The van der Waals surface area contributed by atoms with E-state index in [0.29, 0.717) is 5.56 Å². The van der Waals surface area contributed by atoms with E-state index in [9.17, 15) is 24.2 Å². The molecule has 2 N–H and O–H groups in total. The summed E-state index contributed by atoms with van der Waals surface area (Å²) in [6, 6.07) is 12.5. The second kappa shape index (κ2) is 8.77. The number of aromatic hydroxyl groups is 1. The number of amides is 1. The Balaban J connectivity index is 1.95. The van der Waals surface area contributed by atoms with E-state index in [1.54, 1.807) is 0 Å². The minimum atomic E-state index is -1.06. The lowest BCUT2D eigenvalue weighted by atomic mass is 9.95. The number of Topliss-reactive ketones (excluding diaryl/α,β-unsaturated/α-hetero) is 1. The van der Waals surface area contributed by atoms with E-state index in [1.165, 1.54) is 55.6 Å². The van der Waals surface area contributed by atoms with Crippen LogP contribution in [-0.2, 0) is 9.59 Å². The third kappa shape index (κ3) is 4.01. The Bertz CT molecular complexity index is 1270. The van der Waals surface area contributed by atoms with Crippen molar-refractivity contribution in [1.82, 2.24) is 0 Å². The molecule has 1 atom stereocenters. The average Bonchev–Trinajstić information content (AvgIpc) is 3.05. The fraction of sp³-hybridized carbons (Fsp3) is 0.0833. The summed E-state index contributed by atoms with van der Waals surface area (Å²) in [6.07, 6.45) is 0. The van der Waals surface area contributed by atoms with Crippen LogP contribution >= 0.6 is 23.2 Å². The molecule has 33 heavy (non-hydrogen) atoms. The topological polar surface area (TPSA) is 87.1 Å². The largest absolute Gasteiger partial charge is 0.508 e. The van der Waals surface area contributed by atoms with Gasteiger partial charge in [0.05, 0.1) is 28.8 Å². The molecule has 1 fully saturated rings. The van der Waals surface area contributed by atoms with Crippen LogP contribution in [0.4, 0.5) is 10.1 Å². The summed E-state index contributed by atoms with van der Waals surface area (Å²) >= 11 is 12.4. The highest BCUT2D eigenvalue weighted by atomic mass is 35.5. The van der Waals surface area contributed by atoms with Gasteiger partial charge in [0, 0.05) is 11.3 Å². The van der Waals surface area contributed by atoms with E-state index >= 15 is 0 Å². The lowest BCUT2D eigenvalue weighted by Crippen LogP contribution is -2.29. The van der Waals surface area contributed by atoms with Crippen molar-refractivity contribution in [1.29, 1.82) is 0 Å². The minimum Gasteiger partial charge on any atom is -0.508 e. The molecule has 1 aliphatic heterocycles. The van der Waals surface area contributed by atoms with Crippen molar-refractivity contribution in [3.05, 3.63) is 93.2 Å². The quantitative estimate of drug-likeness (QED) is 0.289. The summed E-state index contributed by atoms with van der Waals surface area (Å²) in [5.74, 6) is -2.70. The van der Waals surface area contributed by atoms with Crippen LogP contribution in [0, 0.1) is 5.82 Å². The lowest BCUT2D eigenvalue weighted by Gasteiger charge is -2.25. The lowest BCUT2D eigenvalue weighted by molar-refractivity contribution is -0.132. The number of nitrogens with zero attached hydrogens (tertiary/aromatic N) is 1. The molecule has 3 aromatic rings. The van der Waals surface area contributed by atoms with Gasteiger partial charge in [-0.05, 0) is 54.1 Å².